The quantitative estimate of drug-likeness (QED) is 0.804. The molecule has 0 aliphatic rings. The Kier molecular flexibility index (Phi) is 4.20. The summed E-state index contributed by atoms with van der Waals surface area (Å²) in [6, 6.07) is 15.3. The number of amides is 1. The van der Waals surface area contributed by atoms with Crippen LogP contribution in [-0.2, 0) is 6.54 Å². The molecule has 4 nitrogen and oxygen atoms in total. The van der Waals surface area contributed by atoms with Gasteiger partial charge >= 0.3 is 0 Å². The molecule has 3 aromatic rings. The normalized spacial score (nSPS) is 10.4. The van der Waals surface area contributed by atoms with Crippen LogP contribution in [0.1, 0.15) is 15.4 Å². The van der Waals surface area contributed by atoms with Crippen molar-refractivity contribution in [3.05, 3.63) is 71.0 Å². The molecule has 0 spiro atoms. The maximum Gasteiger partial charge on any atom is 0.251 e. The summed E-state index contributed by atoms with van der Waals surface area (Å²) in [5.74, 6) is -0.772. The van der Waals surface area contributed by atoms with Crippen LogP contribution in [0.2, 0.25) is 0 Å². The summed E-state index contributed by atoms with van der Waals surface area (Å²) in [5, 5.41) is 12.4. The average Bonchev–Trinajstić information content (AvgIpc) is 3.02. The summed E-state index contributed by atoms with van der Waals surface area (Å²) >= 11 is 1.42. The zero-order valence-corrected chi connectivity index (χ0v) is 12.3. The van der Waals surface area contributed by atoms with Crippen LogP contribution in [0.25, 0.3) is 10.6 Å². The third kappa shape index (κ3) is 3.35. The standard InChI is InChI=1S/C16H12FN3OS/c17-13-8-4-7-12(9-13)15(21)18-10-14-19-20-16(22-14)11-5-2-1-3-6-11/h1-9H,10H2,(H,18,21). The molecule has 0 fully saturated rings. The molecule has 0 unspecified atom stereocenters. The molecule has 0 aliphatic heterocycles. The zero-order valence-electron chi connectivity index (χ0n) is 11.5. The first-order chi connectivity index (χ1) is 10.7. The van der Waals surface area contributed by atoms with Gasteiger partial charge in [0.1, 0.15) is 15.8 Å². The number of nitrogens with one attached hydrogen (secondary N) is 1. The average molecular weight is 313 g/mol. The van der Waals surface area contributed by atoms with Crippen LogP contribution < -0.4 is 5.32 Å². The fraction of sp³-hybridized carbons (Fsp3) is 0.0625. The molecule has 1 aromatic heterocycles. The molecule has 1 heterocycles. The summed E-state index contributed by atoms with van der Waals surface area (Å²) in [7, 11) is 0. The highest BCUT2D eigenvalue weighted by Crippen LogP contribution is 2.22. The fourth-order valence-electron chi connectivity index (χ4n) is 1.91. The smallest absolute Gasteiger partial charge is 0.251 e. The van der Waals surface area contributed by atoms with Gasteiger partial charge in [-0.3, -0.25) is 4.79 Å². The van der Waals surface area contributed by atoms with E-state index in [0.29, 0.717) is 5.01 Å². The van der Waals surface area contributed by atoms with Crippen LogP contribution in [-0.4, -0.2) is 16.1 Å². The molecule has 6 heteroatoms. The van der Waals surface area contributed by atoms with E-state index >= 15 is 0 Å². The first-order valence-corrected chi connectivity index (χ1v) is 7.45. The highest BCUT2D eigenvalue weighted by molar-refractivity contribution is 7.14. The van der Waals surface area contributed by atoms with E-state index in [2.05, 4.69) is 15.5 Å². The number of hydrogen-bond acceptors (Lipinski definition) is 4. The number of halogens is 1. The first-order valence-electron chi connectivity index (χ1n) is 6.64. The van der Waals surface area contributed by atoms with Crippen LogP contribution in [0, 0.1) is 5.82 Å². The Hall–Kier alpha value is -2.60. The van der Waals surface area contributed by atoms with Gasteiger partial charge in [-0.05, 0) is 18.2 Å². The van der Waals surface area contributed by atoms with E-state index in [9.17, 15) is 9.18 Å². The number of rotatable bonds is 4. The Labute approximate surface area is 130 Å². The van der Waals surface area contributed by atoms with E-state index < -0.39 is 5.82 Å². The SMILES string of the molecule is O=C(NCc1nnc(-c2ccccc2)s1)c1cccc(F)c1. The number of aromatic nitrogens is 2. The summed E-state index contributed by atoms with van der Waals surface area (Å²) < 4.78 is 13.1. The van der Waals surface area contributed by atoms with Crippen molar-refractivity contribution >= 4 is 17.2 Å². The van der Waals surface area contributed by atoms with E-state index in [1.807, 2.05) is 30.3 Å². The molecule has 0 radical (unpaired) electrons. The number of carbonyl (C=O) groups excluding carboxylic acids is 1. The Bertz CT molecular complexity index is 789. The lowest BCUT2D eigenvalue weighted by molar-refractivity contribution is 0.0950. The van der Waals surface area contributed by atoms with E-state index in [1.54, 1.807) is 6.07 Å². The van der Waals surface area contributed by atoms with Gasteiger partial charge in [-0.1, -0.05) is 47.7 Å². The van der Waals surface area contributed by atoms with Crippen molar-refractivity contribution in [3.8, 4) is 10.6 Å². The monoisotopic (exact) mass is 313 g/mol. The largest absolute Gasteiger partial charge is 0.345 e. The van der Waals surface area contributed by atoms with Crippen molar-refractivity contribution in [2.75, 3.05) is 0 Å². The van der Waals surface area contributed by atoms with Crippen molar-refractivity contribution in [2.45, 2.75) is 6.54 Å². The van der Waals surface area contributed by atoms with Crippen molar-refractivity contribution in [1.29, 1.82) is 0 Å². The Balaban J connectivity index is 1.65. The van der Waals surface area contributed by atoms with Crippen molar-refractivity contribution in [3.63, 3.8) is 0 Å². The maximum atomic E-state index is 13.1. The van der Waals surface area contributed by atoms with Gasteiger partial charge in [0.05, 0.1) is 6.54 Å². The third-order valence-electron chi connectivity index (χ3n) is 2.97. The minimum atomic E-state index is -0.435. The van der Waals surface area contributed by atoms with E-state index in [0.717, 1.165) is 10.6 Å². The topological polar surface area (TPSA) is 54.9 Å². The van der Waals surface area contributed by atoms with Crippen LogP contribution >= 0.6 is 11.3 Å². The molecule has 1 N–H and O–H groups in total. The van der Waals surface area contributed by atoms with Crippen LogP contribution in [0.15, 0.2) is 54.6 Å². The molecule has 0 bridgehead atoms. The Morgan fingerprint density at radius 2 is 1.91 bits per heavy atom. The third-order valence-corrected chi connectivity index (χ3v) is 3.95. The van der Waals surface area contributed by atoms with Gasteiger partial charge in [0.25, 0.3) is 5.91 Å². The van der Waals surface area contributed by atoms with Crippen molar-refractivity contribution in [2.24, 2.45) is 0 Å². The predicted octanol–water partition coefficient (Wildman–Crippen LogP) is 3.27. The van der Waals surface area contributed by atoms with Gasteiger partial charge in [0.15, 0.2) is 0 Å². The zero-order chi connectivity index (χ0) is 15.4. The second-order valence-corrected chi connectivity index (χ2v) is 5.62. The number of benzene rings is 2. The minimum absolute atomic E-state index is 0.264. The van der Waals surface area contributed by atoms with Crippen LogP contribution in [0.4, 0.5) is 4.39 Å². The summed E-state index contributed by atoms with van der Waals surface area (Å²) in [6.07, 6.45) is 0. The molecular formula is C16H12FN3OS. The summed E-state index contributed by atoms with van der Waals surface area (Å²) in [4.78, 5) is 11.9. The summed E-state index contributed by atoms with van der Waals surface area (Å²) in [6.45, 7) is 0.264. The van der Waals surface area contributed by atoms with Gasteiger partial charge in [-0.25, -0.2) is 4.39 Å². The number of hydrogen-bond donors (Lipinski definition) is 1. The lowest BCUT2D eigenvalue weighted by Crippen LogP contribution is -2.22. The van der Waals surface area contributed by atoms with Crippen molar-refractivity contribution in [1.82, 2.24) is 15.5 Å². The molecule has 110 valence electrons. The van der Waals surface area contributed by atoms with Gasteiger partial charge in [0, 0.05) is 11.1 Å². The van der Waals surface area contributed by atoms with E-state index in [4.69, 9.17) is 0 Å². The highest BCUT2D eigenvalue weighted by atomic mass is 32.1. The number of nitrogens with zero attached hydrogens (tertiary/aromatic N) is 2. The second kappa shape index (κ2) is 6.44. The molecular weight excluding hydrogens is 301 g/mol. The molecule has 3 rings (SSSR count). The Morgan fingerprint density at radius 1 is 1.09 bits per heavy atom. The predicted molar refractivity (Wildman–Crippen MR) is 82.9 cm³/mol. The summed E-state index contributed by atoms with van der Waals surface area (Å²) in [5.41, 5.74) is 1.27. The van der Waals surface area contributed by atoms with Gasteiger partial charge < -0.3 is 5.32 Å². The molecule has 1 amide bonds. The molecule has 22 heavy (non-hydrogen) atoms. The molecule has 2 aromatic carbocycles. The lowest BCUT2D eigenvalue weighted by Gasteiger charge is -2.02. The molecule has 0 aliphatic carbocycles. The number of carbonyl (C=O) groups is 1. The lowest BCUT2D eigenvalue weighted by atomic mass is 10.2. The van der Waals surface area contributed by atoms with Crippen LogP contribution in [0.5, 0.6) is 0 Å². The Morgan fingerprint density at radius 3 is 2.68 bits per heavy atom. The van der Waals surface area contributed by atoms with E-state index in [1.165, 1.54) is 29.5 Å². The second-order valence-electron chi connectivity index (χ2n) is 4.56. The molecule has 0 saturated carbocycles. The van der Waals surface area contributed by atoms with Gasteiger partial charge in [-0.15, -0.1) is 10.2 Å². The fourth-order valence-corrected chi connectivity index (χ4v) is 2.69. The maximum absolute atomic E-state index is 13.1. The minimum Gasteiger partial charge on any atom is -0.345 e. The van der Waals surface area contributed by atoms with Crippen molar-refractivity contribution < 1.29 is 9.18 Å². The first kappa shape index (κ1) is 14.3. The van der Waals surface area contributed by atoms with Gasteiger partial charge in [0.2, 0.25) is 0 Å². The molecule has 0 saturated heterocycles. The van der Waals surface area contributed by atoms with Crippen LogP contribution in [0.3, 0.4) is 0 Å². The van der Waals surface area contributed by atoms with Gasteiger partial charge in [-0.2, -0.15) is 0 Å². The highest BCUT2D eigenvalue weighted by Gasteiger charge is 2.09. The van der Waals surface area contributed by atoms with E-state index in [-0.39, 0.29) is 18.0 Å². The molecule has 0 atom stereocenters.